The van der Waals surface area contributed by atoms with Gasteiger partial charge in [-0.05, 0) is 29.8 Å². The van der Waals surface area contributed by atoms with Gasteiger partial charge in [-0.1, -0.05) is 35.1 Å². The van der Waals surface area contributed by atoms with E-state index in [-0.39, 0.29) is 12.5 Å². The van der Waals surface area contributed by atoms with Crippen LogP contribution in [0.15, 0.2) is 41.5 Å². The van der Waals surface area contributed by atoms with E-state index in [4.69, 9.17) is 21.1 Å². The first-order valence-corrected chi connectivity index (χ1v) is 9.13. The maximum Gasteiger partial charge on any atom is 0.259 e. The summed E-state index contributed by atoms with van der Waals surface area (Å²) in [4.78, 5) is 16.3. The monoisotopic (exact) mass is 404 g/mol. The van der Waals surface area contributed by atoms with Crippen molar-refractivity contribution in [2.24, 2.45) is 5.10 Å². The summed E-state index contributed by atoms with van der Waals surface area (Å²) in [6, 6.07) is 11.2. The van der Waals surface area contributed by atoms with Crippen LogP contribution in [-0.4, -0.2) is 37.9 Å². The van der Waals surface area contributed by atoms with E-state index in [2.05, 4.69) is 20.8 Å². The van der Waals surface area contributed by atoms with Crippen molar-refractivity contribution in [3.63, 3.8) is 0 Å². The van der Waals surface area contributed by atoms with Crippen molar-refractivity contribution in [3.05, 3.63) is 47.0 Å². The number of methoxy groups -OCH3 is 2. The zero-order valence-corrected chi connectivity index (χ0v) is 16.2. The lowest BCUT2D eigenvalue weighted by Gasteiger charge is -2.09. The van der Waals surface area contributed by atoms with E-state index in [9.17, 15) is 4.79 Å². The van der Waals surface area contributed by atoms with Gasteiger partial charge in [-0.15, -0.1) is 0 Å². The Morgan fingerprint density at radius 1 is 1.30 bits per heavy atom. The molecule has 7 nitrogen and oxygen atoms in total. The zero-order chi connectivity index (χ0) is 19.2. The summed E-state index contributed by atoms with van der Waals surface area (Å²) in [7, 11) is 3.03. The van der Waals surface area contributed by atoms with Crippen LogP contribution >= 0.6 is 22.9 Å². The summed E-state index contributed by atoms with van der Waals surface area (Å²) < 4.78 is 11.5. The van der Waals surface area contributed by atoms with Crippen LogP contribution in [0, 0.1) is 0 Å². The molecule has 2 N–H and O–H groups in total. The first-order chi connectivity index (χ1) is 13.1. The minimum absolute atomic E-state index is 0.0594. The Hall–Kier alpha value is -2.84. The second kappa shape index (κ2) is 8.70. The number of hydrogen-bond acceptors (Lipinski definition) is 7. The third kappa shape index (κ3) is 4.66. The quantitative estimate of drug-likeness (QED) is 0.465. The standard InChI is InChI=1S/C18H17ClN4O3S/c1-25-14-8-11(7-12(19)17(14)26-2)9-21-23-16(24)10-20-18-22-13-5-3-4-6-15(13)27-18/h3-9H,10H2,1-2H3,(H,20,22)(H,23,24)/b21-9-. The number of aromatic nitrogens is 1. The minimum atomic E-state index is -0.294. The SMILES string of the molecule is COc1cc(/C=N\NC(=O)CNc2nc3ccccc3s2)cc(Cl)c1OC. The summed E-state index contributed by atoms with van der Waals surface area (Å²) in [6.07, 6.45) is 1.48. The highest BCUT2D eigenvalue weighted by molar-refractivity contribution is 7.22. The number of benzene rings is 2. The van der Waals surface area contributed by atoms with Crippen LogP contribution in [0.1, 0.15) is 5.56 Å². The first-order valence-electron chi connectivity index (χ1n) is 7.93. The summed E-state index contributed by atoms with van der Waals surface area (Å²) >= 11 is 7.62. The third-order valence-corrected chi connectivity index (χ3v) is 4.83. The molecule has 0 saturated heterocycles. The van der Waals surface area contributed by atoms with Gasteiger partial charge in [-0.2, -0.15) is 5.10 Å². The molecule has 2 aromatic carbocycles. The molecule has 0 aliphatic heterocycles. The molecule has 1 amide bonds. The maximum atomic E-state index is 11.9. The van der Waals surface area contributed by atoms with Gasteiger partial charge in [0.25, 0.3) is 5.91 Å². The van der Waals surface area contributed by atoms with E-state index in [1.807, 2.05) is 24.3 Å². The van der Waals surface area contributed by atoms with E-state index >= 15 is 0 Å². The van der Waals surface area contributed by atoms with E-state index in [0.717, 1.165) is 10.2 Å². The van der Waals surface area contributed by atoms with Gasteiger partial charge in [0.15, 0.2) is 16.6 Å². The van der Waals surface area contributed by atoms with Crippen LogP contribution in [0.5, 0.6) is 11.5 Å². The molecule has 0 spiro atoms. The highest BCUT2D eigenvalue weighted by atomic mass is 35.5. The number of rotatable bonds is 7. The largest absolute Gasteiger partial charge is 0.493 e. The molecule has 140 valence electrons. The van der Waals surface area contributed by atoms with Gasteiger partial charge >= 0.3 is 0 Å². The van der Waals surface area contributed by atoms with Gasteiger partial charge in [0.2, 0.25) is 0 Å². The van der Waals surface area contributed by atoms with Crippen molar-refractivity contribution in [1.82, 2.24) is 10.4 Å². The maximum absolute atomic E-state index is 11.9. The average Bonchev–Trinajstić information content (AvgIpc) is 3.09. The van der Waals surface area contributed by atoms with Crippen LogP contribution in [0.4, 0.5) is 5.13 Å². The van der Waals surface area contributed by atoms with Crippen molar-refractivity contribution in [1.29, 1.82) is 0 Å². The van der Waals surface area contributed by atoms with E-state index in [1.54, 1.807) is 12.1 Å². The molecule has 27 heavy (non-hydrogen) atoms. The minimum Gasteiger partial charge on any atom is -0.493 e. The fraction of sp³-hybridized carbons (Fsp3) is 0.167. The highest BCUT2D eigenvalue weighted by Crippen LogP contribution is 2.35. The Morgan fingerprint density at radius 2 is 2.11 bits per heavy atom. The number of hydrazone groups is 1. The fourth-order valence-electron chi connectivity index (χ4n) is 2.33. The fourth-order valence-corrected chi connectivity index (χ4v) is 3.49. The van der Waals surface area contributed by atoms with Crippen LogP contribution in [0.25, 0.3) is 10.2 Å². The Morgan fingerprint density at radius 3 is 2.85 bits per heavy atom. The number of para-hydroxylation sites is 1. The number of carbonyl (C=O) groups excluding carboxylic acids is 1. The lowest BCUT2D eigenvalue weighted by atomic mass is 10.2. The van der Waals surface area contributed by atoms with Crippen molar-refractivity contribution in [2.75, 3.05) is 26.1 Å². The number of carbonyl (C=O) groups is 1. The Labute approximate surface area is 165 Å². The molecule has 0 unspecified atom stereocenters. The number of nitrogens with one attached hydrogen (secondary N) is 2. The van der Waals surface area contributed by atoms with Gasteiger partial charge in [0.05, 0.1) is 42.2 Å². The van der Waals surface area contributed by atoms with Crippen molar-refractivity contribution >= 4 is 50.4 Å². The molecule has 0 radical (unpaired) electrons. The lowest BCUT2D eigenvalue weighted by Crippen LogP contribution is -2.25. The van der Waals surface area contributed by atoms with Crippen LogP contribution < -0.4 is 20.2 Å². The van der Waals surface area contributed by atoms with Gasteiger partial charge in [-0.25, -0.2) is 10.4 Å². The molecule has 0 aliphatic rings. The Kier molecular flexibility index (Phi) is 6.10. The van der Waals surface area contributed by atoms with Crippen LogP contribution in [0.3, 0.4) is 0 Å². The van der Waals surface area contributed by atoms with E-state index in [1.165, 1.54) is 31.8 Å². The summed E-state index contributed by atoms with van der Waals surface area (Å²) in [6.45, 7) is 0.0594. The average molecular weight is 405 g/mol. The second-order valence-electron chi connectivity index (χ2n) is 5.37. The van der Waals surface area contributed by atoms with Gasteiger partial charge in [0.1, 0.15) is 0 Å². The van der Waals surface area contributed by atoms with E-state index < -0.39 is 0 Å². The summed E-state index contributed by atoms with van der Waals surface area (Å²) in [5, 5.41) is 7.99. The molecular weight excluding hydrogens is 388 g/mol. The predicted molar refractivity (Wildman–Crippen MR) is 108 cm³/mol. The Bertz CT molecular complexity index is 957. The third-order valence-electron chi connectivity index (χ3n) is 3.55. The number of amides is 1. The number of anilines is 1. The smallest absolute Gasteiger partial charge is 0.259 e. The number of fused-ring (bicyclic) bond motifs is 1. The number of ether oxygens (including phenoxy) is 2. The van der Waals surface area contributed by atoms with E-state index in [0.29, 0.717) is 27.2 Å². The summed E-state index contributed by atoms with van der Waals surface area (Å²) in [5.74, 6) is 0.632. The molecule has 1 heterocycles. The van der Waals surface area contributed by atoms with Crippen LogP contribution in [-0.2, 0) is 4.79 Å². The normalized spacial score (nSPS) is 10.9. The van der Waals surface area contributed by atoms with Gasteiger partial charge in [-0.3, -0.25) is 4.79 Å². The predicted octanol–water partition coefficient (Wildman–Crippen LogP) is 3.53. The number of halogens is 1. The van der Waals surface area contributed by atoms with Gasteiger partial charge in [0, 0.05) is 0 Å². The first kappa shape index (κ1) is 18.9. The molecule has 0 bridgehead atoms. The number of nitrogens with zero attached hydrogens (tertiary/aromatic N) is 2. The Balaban J connectivity index is 1.56. The number of hydrogen-bond donors (Lipinski definition) is 2. The van der Waals surface area contributed by atoms with Crippen molar-refractivity contribution < 1.29 is 14.3 Å². The molecule has 0 aliphatic carbocycles. The summed E-state index contributed by atoms with van der Waals surface area (Å²) in [5.41, 5.74) is 4.01. The molecule has 1 aromatic heterocycles. The lowest BCUT2D eigenvalue weighted by molar-refractivity contribution is -0.119. The molecule has 0 fully saturated rings. The zero-order valence-electron chi connectivity index (χ0n) is 14.7. The van der Waals surface area contributed by atoms with Crippen molar-refractivity contribution in [3.8, 4) is 11.5 Å². The second-order valence-corrected chi connectivity index (χ2v) is 6.81. The number of thiazole rings is 1. The van der Waals surface area contributed by atoms with Crippen LogP contribution in [0.2, 0.25) is 5.02 Å². The molecule has 0 atom stereocenters. The van der Waals surface area contributed by atoms with Crippen molar-refractivity contribution in [2.45, 2.75) is 0 Å². The molecular formula is C18H17ClN4O3S. The highest BCUT2D eigenvalue weighted by Gasteiger charge is 2.10. The topological polar surface area (TPSA) is 84.8 Å². The van der Waals surface area contributed by atoms with Gasteiger partial charge < -0.3 is 14.8 Å². The molecule has 0 saturated carbocycles. The molecule has 3 rings (SSSR count). The molecule has 9 heteroatoms. The molecule has 3 aromatic rings.